The van der Waals surface area contributed by atoms with Crippen LogP contribution in [0.25, 0.3) is 23.5 Å². The molecule has 0 bridgehead atoms. The molecule has 4 aromatic carbocycles. The minimum absolute atomic E-state index is 0.226. The fourth-order valence-electron chi connectivity index (χ4n) is 11.5. The number of benzene rings is 4. The summed E-state index contributed by atoms with van der Waals surface area (Å²) in [6.07, 6.45) is 18.1. The predicted molar refractivity (Wildman–Crippen MR) is 260 cm³/mol. The summed E-state index contributed by atoms with van der Waals surface area (Å²) in [5, 5.41) is 9.31. The molecule has 10 heteroatoms. The molecule has 6 aliphatic rings. The summed E-state index contributed by atoms with van der Waals surface area (Å²) in [5.41, 5.74) is 12.2. The van der Waals surface area contributed by atoms with Crippen LogP contribution in [-0.2, 0) is 31.8 Å². The first-order chi connectivity index (χ1) is 32.9. The van der Waals surface area contributed by atoms with E-state index in [-0.39, 0.29) is 41.5 Å². The van der Waals surface area contributed by atoms with E-state index in [0.717, 1.165) is 57.9 Å². The Balaban J connectivity index is 0.000000153. The van der Waals surface area contributed by atoms with E-state index in [0.29, 0.717) is 12.8 Å². The van der Waals surface area contributed by atoms with E-state index in [2.05, 4.69) is 119 Å². The number of halogens is 2. The van der Waals surface area contributed by atoms with Gasteiger partial charge in [-0.3, -0.25) is 0 Å². The average Bonchev–Trinajstić information content (AvgIpc) is 4.16. The van der Waals surface area contributed by atoms with Crippen molar-refractivity contribution in [2.75, 3.05) is 0 Å². The van der Waals surface area contributed by atoms with Crippen LogP contribution in [0.5, 0.6) is 0 Å². The number of fused-ring (bicyclic) bond motifs is 6. The summed E-state index contributed by atoms with van der Waals surface area (Å²) in [4.78, 5) is 0. The minimum Gasteiger partial charge on any atom is -0.338 e. The van der Waals surface area contributed by atoms with Gasteiger partial charge in [-0.2, -0.15) is 10.2 Å². The molecule has 68 heavy (non-hydrogen) atoms. The van der Waals surface area contributed by atoms with E-state index in [9.17, 15) is 8.78 Å². The Morgan fingerprint density at radius 3 is 1.32 bits per heavy atom. The fourth-order valence-corrected chi connectivity index (χ4v) is 11.5. The number of nitrogens with zero attached hydrogens (tertiary/aromatic N) is 4. The summed E-state index contributed by atoms with van der Waals surface area (Å²) in [5.74, 6) is -2.14. The Kier molecular flexibility index (Phi) is 10.7. The second-order valence-corrected chi connectivity index (χ2v) is 19.2. The van der Waals surface area contributed by atoms with E-state index < -0.39 is 17.0 Å². The number of ether oxygens (including phenoxy) is 4. The highest BCUT2D eigenvalue weighted by Gasteiger charge is 2.63. The summed E-state index contributed by atoms with van der Waals surface area (Å²) in [6.45, 7) is 16.6. The van der Waals surface area contributed by atoms with E-state index >= 15 is 0 Å². The molecular formula is C58H54F2N4O4. The molecule has 0 saturated carbocycles. The largest absolute Gasteiger partial charge is 0.338 e. The summed E-state index contributed by atoms with van der Waals surface area (Å²) >= 11 is 0. The van der Waals surface area contributed by atoms with Gasteiger partial charge in [-0.15, -0.1) is 13.2 Å². The molecule has 6 aromatic rings. The monoisotopic (exact) mass is 908 g/mol. The molecule has 4 heterocycles. The molecule has 4 aliphatic carbocycles. The van der Waals surface area contributed by atoms with E-state index in [1.165, 1.54) is 46.6 Å². The second kappa shape index (κ2) is 16.6. The quantitative estimate of drug-likeness (QED) is 0.155. The van der Waals surface area contributed by atoms with Gasteiger partial charge < -0.3 is 18.9 Å². The first-order valence-electron chi connectivity index (χ1n) is 23.4. The molecule has 0 amide bonds. The van der Waals surface area contributed by atoms with Crippen molar-refractivity contribution in [3.8, 4) is 11.4 Å². The Bertz CT molecular complexity index is 2990. The van der Waals surface area contributed by atoms with Gasteiger partial charge in [0, 0.05) is 12.8 Å². The van der Waals surface area contributed by atoms with Gasteiger partial charge in [-0.1, -0.05) is 96.1 Å². The van der Waals surface area contributed by atoms with Crippen LogP contribution in [0, 0.1) is 22.5 Å². The minimum atomic E-state index is -0.838. The molecular weight excluding hydrogens is 855 g/mol. The maximum Gasteiger partial charge on any atom is 0.183 e. The lowest BCUT2D eigenvalue weighted by Crippen LogP contribution is -2.53. The third kappa shape index (κ3) is 6.91. The zero-order chi connectivity index (χ0) is 47.0. The lowest BCUT2D eigenvalue weighted by Gasteiger charge is -2.50. The van der Waals surface area contributed by atoms with Gasteiger partial charge in [0.25, 0.3) is 0 Å². The first-order valence-corrected chi connectivity index (χ1v) is 23.4. The lowest BCUT2D eigenvalue weighted by molar-refractivity contribution is -0.237. The SMILES string of the molecule is C=C[C@H]1OC2(CC=C(C)C3=Cc4c(cnn4-c4ccc(F)cc4)C[C@@]32C)O[C@@H]1C=C.CC1=CCC2(O[C@H](c3ccccc3)[C@@H](c3ccccc3)O2)[C@@]2(C)Cc3cnn(-c4ccc(F)cc4)c3C=C12. The second-order valence-electron chi connectivity index (χ2n) is 19.2. The fraction of sp³-hybridized carbons (Fsp3) is 0.276. The van der Waals surface area contributed by atoms with Gasteiger partial charge in [0.1, 0.15) is 36.1 Å². The number of rotatable bonds is 6. The predicted octanol–water partition coefficient (Wildman–Crippen LogP) is 12.7. The third-order valence-corrected chi connectivity index (χ3v) is 15.2. The molecule has 0 N–H and O–H groups in total. The van der Waals surface area contributed by atoms with Crippen molar-refractivity contribution < 1.29 is 27.7 Å². The molecule has 0 unspecified atom stereocenters. The van der Waals surface area contributed by atoms with Crippen molar-refractivity contribution in [3.63, 3.8) is 0 Å². The molecule has 2 aromatic heterocycles. The first kappa shape index (κ1) is 44.0. The van der Waals surface area contributed by atoms with Crippen molar-refractivity contribution in [2.45, 2.75) is 89.4 Å². The van der Waals surface area contributed by atoms with Crippen LogP contribution in [0.3, 0.4) is 0 Å². The topological polar surface area (TPSA) is 72.6 Å². The van der Waals surface area contributed by atoms with Gasteiger partial charge in [0.2, 0.25) is 0 Å². The molecule has 2 spiro atoms. The molecule has 0 radical (unpaired) electrons. The zero-order valence-corrected chi connectivity index (χ0v) is 38.7. The molecule has 2 aliphatic heterocycles. The Labute approximate surface area is 396 Å². The highest BCUT2D eigenvalue weighted by Crippen LogP contribution is 2.63. The lowest BCUT2D eigenvalue weighted by atomic mass is 9.62. The number of aromatic nitrogens is 4. The van der Waals surface area contributed by atoms with Crippen LogP contribution in [0.15, 0.2) is 181 Å². The van der Waals surface area contributed by atoms with Crippen molar-refractivity contribution in [1.82, 2.24) is 19.6 Å². The van der Waals surface area contributed by atoms with Gasteiger partial charge in [-0.05, 0) is 135 Å². The number of hydrogen-bond donors (Lipinski definition) is 0. The van der Waals surface area contributed by atoms with Crippen LogP contribution >= 0.6 is 0 Å². The average molecular weight is 909 g/mol. The zero-order valence-electron chi connectivity index (χ0n) is 38.7. The molecule has 8 nitrogen and oxygen atoms in total. The van der Waals surface area contributed by atoms with Gasteiger partial charge in [0.05, 0.1) is 46.0 Å². The molecule has 2 saturated heterocycles. The highest BCUT2D eigenvalue weighted by molar-refractivity contribution is 5.68. The maximum absolute atomic E-state index is 13.6. The van der Waals surface area contributed by atoms with Gasteiger partial charge in [-0.25, -0.2) is 18.1 Å². The van der Waals surface area contributed by atoms with Crippen molar-refractivity contribution in [3.05, 3.63) is 227 Å². The normalized spacial score (nSPS) is 27.0. The third-order valence-electron chi connectivity index (χ3n) is 15.2. The van der Waals surface area contributed by atoms with Crippen LogP contribution < -0.4 is 0 Å². The summed E-state index contributed by atoms with van der Waals surface area (Å²) in [7, 11) is 0. The Morgan fingerprint density at radius 1 is 0.559 bits per heavy atom. The van der Waals surface area contributed by atoms with Crippen molar-refractivity contribution in [1.29, 1.82) is 0 Å². The molecule has 12 rings (SSSR count). The van der Waals surface area contributed by atoms with Crippen LogP contribution in [-0.4, -0.2) is 43.3 Å². The highest BCUT2D eigenvalue weighted by atomic mass is 19.1. The van der Waals surface area contributed by atoms with Gasteiger partial charge >= 0.3 is 0 Å². The Hall–Kier alpha value is -6.56. The number of allylic oxidation sites excluding steroid dienone is 2. The van der Waals surface area contributed by atoms with Crippen molar-refractivity contribution in [2.24, 2.45) is 10.8 Å². The summed E-state index contributed by atoms with van der Waals surface area (Å²) in [6, 6.07) is 33.6. The molecule has 6 atom stereocenters. The van der Waals surface area contributed by atoms with Gasteiger partial charge in [0.15, 0.2) is 11.6 Å². The summed E-state index contributed by atoms with van der Waals surface area (Å²) < 4.78 is 58.0. The maximum atomic E-state index is 13.6. The van der Waals surface area contributed by atoms with Crippen LogP contribution in [0.2, 0.25) is 0 Å². The molecule has 2 fully saturated rings. The standard InChI is InChI=1S/C33H29FN2O2.C25H25FN2O2/c1-22-17-18-33(37-30(23-9-5-3-6-10-23)31(38-33)24-11-7-4-8-12-24)32(2)20-25-21-35-36(29(25)19-28(22)32)27-15-13-26(34)14-16-27;1-5-22-23(6-2)30-25(29-22)12-11-16(3)20-13-21-17(14-24(20,25)4)15-27-28(21)19-9-7-18(26)8-10-19/h3-17,19,21,30-31H,18,20H2,1-2H3;5-11,13,15,22-23H,1-2,12,14H2,3-4H3/t30-,31-,32+;22-,23-,24+/m11/s1. The van der Waals surface area contributed by atoms with E-state index in [4.69, 9.17) is 24.0 Å². The molecule has 344 valence electrons. The van der Waals surface area contributed by atoms with E-state index in [1.54, 1.807) is 36.4 Å². The van der Waals surface area contributed by atoms with Crippen LogP contribution in [0.4, 0.5) is 8.78 Å². The number of hydrogen-bond acceptors (Lipinski definition) is 6. The smallest absolute Gasteiger partial charge is 0.183 e. The Morgan fingerprint density at radius 2 is 0.941 bits per heavy atom. The van der Waals surface area contributed by atoms with E-state index in [1.807, 2.05) is 33.9 Å². The van der Waals surface area contributed by atoms with Crippen LogP contribution in [0.1, 0.15) is 86.4 Å². The van der Waals surface area contributed by atoms with Crippen molar-refractivity contribution >= 4 is 12.2 Å².